The molecule has 2 atom stereocenters. The van der Waals surface area contributed by atoms with Crippen molar-refractivity contribution >= 4 is 23.2 Å². The van der Waals surface area contributed by atoms with E-state index in [9.17, 15) is 4.39 Å². The van der Waals surface area contributed by atoms with Gasteiger partial charge in [0.25, 0.3) is 0 Å². The molecule has 0 radical (unpaired) electrons. The molecule has 18 heavy (non-hydrogen) atoms. The lowest BCUT2D eigenvalue weighted by molar-refractivity contribution is 0.188. The molecule has 0 heterocycles. The van der Waals surface area contributed by atoms with E-state index in [1.165, 1.54) is 18.9 Å². The maximum Gasteiger partial charge on any atom is 0.142 e. The van der Waals surface area contributed by atoms with Gasteiger partial charge in [-0.1, -0.05) is 30.5 Å². The molecule has 1 nitrogen and oxygen atoms in total. The largest absolute Gasteiger partial charge is 0.298 e. The Morgan fingerprint density at radius 3 is 2.72 bits per heavy atom. The summed E-state index contributed by atoms with van der Waals surface area (Å²) >= 11 is 12.0. The van der Waals surface area contributed by atoms with Crippen LogP contribution in [0.4, 0.5) is 4.39 Å². The van der Waals surface area contributed by atoms with Crippen molar-refractivity contribution in [2.45, 2.75) is 43.6 Å². The van der Waals surface area contributed by atoms with Crippen molar-refractivity contribution in [2.24, 2.45) is 0 Å². The smallest absolute Gasteiger partial charge is 0.142 e. The van der Waals surface area contributed by atoms with Crippen LogP contribution in [0.25, 0.3) is 0 Å². The quantitative estimate of drug-likeness (QED) is 0.743. The van der Waals surface area contributed by atoms with Gasteiger partial charge in [0.15, 0.2) is 0 Å². The van der Waals surface area contributed by atoms with Crippen LogP contribution < -0.4 is 0 Å². The third kappa shape index (κ3) is 3.37. The Kier molecular flexibility index (Phi) is 4.88. The third-order valence-electron chi connectivity index (χ3n) is 3.63. The van der Waals surface area contributed by atoms with E-state index in [-0.39, 0.29) is 16.2 Å². The molecular weight excluding hydrogens is 272 g/mol. The van der Waals surface area contributed by atoms with E-state index in [2.05, 4.69) is 11.9 Å². The van der Waals surface area contributed by atoms with Crippen molar-refractivity contribution in [2.75, 3.05) is 7.05 Å². The topological polar surface area (TPSA) is 3.24 Å². The lowest BCUT2D eigenvalue weighted by atomic mass is 9.93. The van der Waals surface area contributed by atoms with Gasteiger partial charge in [0.1, 0.15) is 5.82 Å². The van der Waals surface area contributed by atoms with Crippen molar-refractivity contribution in [1.29, 1.82) is 0 Å². The Hall–Kier alpha value is -0.310. The molecule has 1 fully saturated rings. The first-order valence-corrected chi connectivity index (χ1v) is 7.17. The normalized spacial score (nSPS) is 24.5. The lowest BCUT2D eigenvalue weighted by Gasteiger charge is -2.35. The molecule has 0 aliphatic heterocycles. The van der Waals surface area contributed by atoms with Crippen LogP contribution >= 0.6 is 23.2 Å². The summed E-state index contributed by atoms with van der Waals surface area (Å²) in [7, 11) is 2.05. The van der Waals surface area contributed by atoms with Gasteiger partial charge in [-0.25, -0.2) is 4.39 Å². The molecule has 0 N–H and O–H groups in total. The van der Waals surface area contributed by atoms with Gasteiger partial charge in [0.05, 0.1) is 5.02 Å². The van der Waals surface area contributed by atoms with Crippen molar-refractivity contribution in [3.8, 4) is 0 Å². The van der Waals surface area contributed by atoms with E-state index >= 15 is 0 Å². The highest BCUT2D eigenvalue weighted by atomic mass is 35.5. The first-order valence-electron chi connectivity index (χ1n) is 6.36. The summed E-state index contributed by atoms with van der Waals surface area (Å²) < 4.78 is 13.4. The minimum atomic E-state index is -0.353. The average molecular weight is 290 g/mol. The molecule has 1 aliphatic rings. The molecule has 0 amide bonds. The van der Waals surface area contributed by atoms with E-state index in [4.69, 9.17) is 23.2 Å². The summed E-state index contributed by atoms with van der Waals surface area (Å²) in [5.41, 5.74) is 0.939. The molecule has 4 heteroatoms. The average Bonchev–Trinajstić information content (AvgIpc) is 2.34. The molecule has 0 aromatic heterocycles. The molecule has 1 saturated carbocycles. The maximum absolute atomic E-state index is 13.4. The number of hydrogen-bond acceptors (Lipinski definition) is 1. The summed E-state index contributed by atoms with van der Waals surface area (Å²) in [6.45, 7) is 0.710. The first kappa shape index (κ1) is 14.1. The van der Waals surface area contributed by atoms with E-state index in [1.54, 1.807) is 6.07 Å². The van der Waals surface area contributed by atoms with Crippen molar-refractivity contribution in [3.05, 3.63) is 34.6 Å². The summed E-state index contributed by atoms with van der Waals surface area (Å²) in [6, 6.07) is 5.37. The number of rotatable bonds is 3. The zero-order chi connectivity index (χ0) is 13.1. The molecule has 100 valence electrons. The maximum atomic E-state index is 13.4. The number of alkyl halides is 1. The molecule has 2 unspecified atom stereocenters. The van der Waals surface area contributed by atoms with Crippen LogP contribution in [0.3, 0.4) is 0 Å². The standard InChI is InChI=1S/C14H18Cl2FN/c1-18(14-5-3-2-4-12(14)16)9-10-6-7-11(15)13(17)8-10/h6-8,12,14H,2-5,9H2,1H3. The number of benzene rings is 1. The van der Waals surface area contributed by atoms with Crippen molar-refractivity contribution in [1.82, 2.24) is 4.90 Å². The second-order valence-electron chi connectivity index (χ2n) is 5.03. The highest BCUT2D eigenvalue weighted by molar-refractivity contribution is 6.30. The highest BCUT2D eigenvalue weighted by Crippen LogP contribution is 2.27. The minimum absolute atomic E-state index is 0.175. The van der Waals surface area contributed by atoms with Crippen LogP contribution in [-0.4, -0.2) is 23.4 Å². The molecule has 1 aliphatic carbocycles. The molecule has 2 rings (SSSR count). The molecular formula is C14H18Cl2FN. The lowest BCUT2D eigenvalue weighted by Crippen LogP contribution is -2.40. The van der Waals surface area contributed by atoms with Gasteiger partial charge in [-0.15, -0.1) is 11.6 Å². The van der Waals surface area contributed by atoms with Gasteiger partial charge in [-0.05, 0) is 37.6 Å². The van der Waals surface area contributed by atoms with Crippen LogP contribution in [-0.2, 0) is 6.54 Å². The fourth-order valence-electron chi connectivity index (χ4n) is 2.61. The van der Waals surface area contributed by atoms with Crippen molar-refractivity contribution < 1.29 is 4.39 Å². The van der Waals surface area contributed by atoms with E-state index < -0.39 is 0 Å². The SMILES string of the molecule is CN(Cc1ccc(Cl)c(F)c1)C1CCCCC1Cl. The zero-order valence-electron chi connectivity index (χ0n) is 10.5. The Labute approximate surface area is 118 Å². The zero-order valence-corrected chi connectivity index (χ0v) is 12.0. The molecule has 0 spiro atoms. The molecule has 1 aromatic carbocycles. The second-order valence-corrected chi connectivity index (χ2v) is 6.00. The fraction of sp³-hybridized carbons (Fsp3) is 0.571. The van der Waals surface area contributed by atoms with Crippen LogP contribution in [0.2, 0.25) is 5.02 Å². The summed E-state index contributed by atoms with van der Waals surface area (Å²) in [6.07, 6.45) is 4.65. The molecule has 0 bridgehead atoms. The number of halogens is 3. The first-order chi connectivity index (χ1) is 8.58. The van der Waals surface area contributed by atoms with Crippen LogP contribution in [0.1, 0.15) is 31.2 Å². The highest BCUT2D eigenvalue weighted by Gasteiger charge is 2.26. The van der Waals surface area contributed by atoms with E-state index in [0.29, 0.717) is 12.6 Å². The molecule has 1 aromatic rings. The van der Waals surface area contributed by atoms with E-state index in [1.807, 2.05) is 6.07 Å². The van der Waals surface area contributed by atoms with Gasteiger partial charge >= 0.3 is 0 Å². The van der Waals surface area contributed by atoms with Gasteiger partial charge in [0, 0.05) is 18.0 Å². The van der Waals surface area contributed by atoms with Gasteiger partial charge in [-0.2, -0.15) is 0 Å². The Morgan fingerprint density at radius 1 is 1.33 bits per heavy atom. The van der Waals surface area contributed by atoms with Crippen LogP contribution in [0.5, 0.6) is 0 Å². The monoisotopic (exact) mass is 289 g/mol. The predicted octanol–water partition coefficient (Wildman–Crippen LogP) is 4.46. The Morgan fingerprint density at radius 2 is 2.06 bits per heavy atom. The number of hydrogen-bond donors (Lipinski definition) is 0. The summed E-state index contributed by atoms with van der Waals surface area (Å²) in [5, 5.41) is 0.384. The Balaban J connectivity index is 2.01. The van der Waals surface area contributed by atoms with E-state index in [0.717, 1.165) is 18.4 Å². The van der Waals surface area contributed by atoms with Crippen LogP contribution in [0, 0.1) is 5.82 Å². The fourth-order valence-corrected chi connectivity index (χ4v) is 3.20. The predicted molar refractivity (Wildman–Crippen MR) is 74.8 cm³/mol. The van der Waals surface area contributed by atoms with Crippen LogP contribution in [0.15, 0.2) is 18.2 Å². The van der Waals surface area contributed by atoms with Crippen molar-refractivity contribution in [3.63, 3.8) is 0 Å². The number of nitrogens with zero attached hydrogens (tertiary/aromatic N) is 1. The molecule has 0 saturated heterocycles. The summed E-state index contributed by atoms with van der Waals surface area (Å²) in [5.74, 6) is -0.353. The van der Waals surface area contributed by atoms with Gasteiger partial charge < -0.3 is 0 Å². The minimum Gasteiger partial charge on any atom is -0.298 e. The summed E-state index contributed by atoms with van der Waals surface area (Å²) in [4.78, 5) is 2.22. The van der Waals surface area contributed by atoms with Gasteiger partial charge in [-0.3, -0.25) is 4.90 Å². The third-order valence-corrected chi connectivity index (χ3v) is 4.45. The van der Waals surface area contributed by atoms with Gasteiger partial charge in [0.2, 0.25) is 0 Å². The Bertz CT molecular complexity index is 411. The second kappa shape index (κ2) is 6.23.